The van der Waals surface area contributed by atoms with Crippen molar-refractivity contribution in [3.8, 4) is 0 Å². The summed E-state index contributed by atoms with van der Waals surface area (Å²) in [5.41, 5.74) is 0. The summed E-state index contributed by atoms with van der Waals surface area (Å²) >= 11 is 0. The smallest absolute Gasteiger partial charge is 0.462 e. The number of esters is 2. The maximum absolute atomic E-state index is 12.6. The minimum absolute atomic E-state index is 0.171. The quantitative estimate of drug-likeness (QED) is 0.0236. The topological polar surface area (TPSA) is 149 Å². The van der Waals surface area contributed by atoms with Crippen LogP contribution in [0, 0.1) is 0 Å². The molecule has 0 radical (unpaired) electrons. The Morgan fingerprint density at radius 2 is 0.945 bits per heavy atom. The number of phosphoric ester groups is 1. The molecule has 0 aromatic heterocycles. The first-order chi connectivity index (χ1) is 26.7. The Labute approximate surface area is 336 Å². The van der Waals surface area contributed by atoms with Crippen LogP contribution in [0.2, 0.25) is 0 Å². The summed E-state index contributed by atoms with van der Waals surface area (Å²) in [4.78, 5) is 35.0. The maximum Gasteiger partial charge on any atom is 0.472 e. The van der Waals surface area contributed by atoms with Gasteiger partial charge in [0.15, 0.2) is 6.10 Å². The number of rotatable bonds is 42. The van der Waals surface area contributed by atoms with E-state index in [0.29, 0.717) is 12.8 Å². The molecule has 0 spiro atoms. The summed E-state index contributed by atoms with van der Waals surface area (Å²) in [6.45, 7) is 2.36. The number of aliphatic hydroxyl groups is 2. The molecule has 0 rings (SSSR count). The lowest BCUT2D eigenvalue weighted by atomic mass is 10.0. The number of carbonyl (C=O) groups excluding carboxylic acids is 2. The Bertz CT molecular complexity index is 972. The summed E-state index contributed by atoms with van der Waals surface area (Å²) in [7, 11) is -4.62. The van der Waals surface area contributed by atoms with Crippen molar-refractivity contribution in [3.05, 3.63) is 24.3 Å². The average molecular weight is 803 g/mol. The van der Waals surface area contributed by atoms with E-state index in [1.54, 1.807) is 0 Å². The van der Waals surface area contributed by atoms with E-state index >= 15 is 0 Å². The van der Waals surface area contributed by atoms with E-state index in [0.717, 1.165) is 64.2 Å². The van der Waals surface area contributed by atoms with Gasteiger partial charge in [0.1, 0.15) is 12.7 Å². The van der Waals surface area contributed by atoms with Gasteiger partial charge in [-0.3, -0.25) is 18.6 Å². The number of hydrogen-bond donors (Lipinski definition) is 3. The third-order valence-corrected chi connectivity index (χ3v) is 10.6. The summed E-state index contributed by atoms with van der Waals surface area (Å²) in [6.07, 6.45) is 40.0. The molecule has 0 heterocycles. The fraction of sp³-hybridized carbons (Fsp3) is 0.864. The van der Waals surface area contributed by atoms with Crippen LogP contribution >= 0.6 is 7.82 Å². The predicted octanol–water partition coefficient (Wildman–Crippen LogP) is 11.8. The van der Waals surface area contributed by atoms with Crippen molar-refractivity contribution in [1.82, 2.24) is 0 Å². The molecule has 0 saturated carbocycles. The molecular formula is C44H83O10P. The number of unbranched alkanes of at least 4 members (excludes halogenated alkanes) is 24. The lowest BCUT2D eigenvalue weighted by Gasteiger charge is -2.20. The molecular weight excluding hydrogens is 719 g/mol. The zero-order chi connectivity index (χ0) is 40.5. The molecule has 55 heavy (non-hydrogen) atoms. The molecule has 0 aliphatic carbocycles. The molecule has 10 nitrogen and oxygen atoms in total. The number of hydrogen-bond acceptors (Lipinski definition) is 9. The standard InChI is InChI=1S/C44H83O10P/c1-3-5-7-9-11-13-15-17-19-20-22-23-25-27-29-31-33-35-43(47)51-39-42(40-53-55(49,50)52-38-41(46)37-45)54-44(48)36-34-32-30-28-26-24-21-18-16-14-12-10-8-6-4-2/h12,14,18,21,41-42,45-46H,3-11,13,15-17,19-20,22-40H2,1-2H3,(H,49,50)/b14-12+,21-18+/t41-,42+/m0/s1. The van der Waals surface area contributed by atoms with Crippen molar-refractivity contribution >= 4 is 19.8 Å². The van der Waals surface area contributed by atoms with E-state index in [9.17, 15) is 24.2 Å². The van der Waals surface area contributed by atoms with Gasteiger partial charge in [0.05, 0.1) is 19.8 Å². The zero-order valence-electron chi connectivity index (χ0n) is 35.2. The van der Waals surface area contributed by atoms with Crippen molar-refractivity contribution in [1.29, 1.82) is 0 Å². The van der Waals surface area contributed by atoms with Crippen LogP contribution in [-0.2, 0) is 32.7 Å². The third-order valence-electron chi connectivity index (χ3n) is 9.61. The molecule has 0 fully saturated rings. The summed E-state index contributed by atoms with van der Waals surface area (Å²) in [5.74, 6) is -0.932. The SMILES string of the molecule is CCCCC/C=C/C/C=C/CCCCCCCC(=O)O[C@H](COC(=O)CCCCCCCCCCCCCCCCCCC)COP(=O)(O)OC[C@@H](O)CO. The van der Waals surface area contributed by atoms with Crippen LogP contribution in [0.15, 0.2) is 24.3 Å². The van der Waals surface area contributed by atoms with Crippen molar-refractivity contribution < 1.29 is 47.8 Å². The van der Waals surface area contributed by atoms with Crippen LogP contribution in [-0.4, -0.2) is 65.7 Å². The van der Waals surface area contributed by atoms with Crippen molar-refractivity contribution in [2.24, 2.45) is 0 Å². The maximum atomic E-state index is 12.6. The Kier molecular flexibility index (Phi) is 39.5. The first-order valence-electron chi connectivity index (χ1n) is 22.3. The van der Waals surface area contributed by atoms with E-state index in [1.165, 1.54) is 103 Å². The molecule has 11 heteroatoms. The molecule has 0 aliphatic heterocycles. The van der Waals surface area contributed by atoms with Gasteiger partial charge in [-0.2, -0.15) is 0 Å². The van der Waals surface area contributed by atoms with Crippen LogP contribution in [0.3, 0.4) is 0 Å². The van der Waals surface area contributed by atoms with E-state index in [-0.39, 0.29) is 19.4 Å². The van der Waals surface area contributed by atoms with Crippen molar-refractivity contribution in [2.75, 3.05) is 26.4 Å². The Hall–Kier alpha value is -1.55. The number of carbonyl (C=O) groups is 2. The fourth-order valence-corrected chi connectivity index (χ4v) is 6.93. The largest absolute Gasteiger partial charge is 0.472 e. The Morgan fingerprint density at radius 3 is 1.44 bits per heavy atom. The fourth-order valence-electron chi connectivity index (χ4n) is 6.14. The van der Waals surface area contributed by atoms with Gasteiger partial charge in [0, 0.05) is 12.8 Å². The van der Waals surface area contributed by atoms with Crippen LogP contribution in [0.1, 0.15) is 206 Å². The molecule has 3 N–H and O–H groups in total. The highest BCUT2D eigenvalue weighted by molar-refractivity contribution is 7.47. The zero-order valence-corrected chi connectivity index (χ0v) is 36.0. The summed E-state index contributed by atoms with van der Waals surface area (Å²) < 4.78 is 32.7. The van der Waals surface area contributed by atoms with Crippen LogP contribution < -0.4 is 0 Å². The van der Waals surface area contributed by atoms with Crippen LogP contribution in [0.25, 0.3) is 0 Å². The second-order valence-corrected chi connectivity index (χ2v) is 16.5. The van der Waals surface area contributed by atoms with Crippen molar-refractivity contribution in [3.63, 3.8) is 0 Å². The van der Waals surface area contributed by atoms with E-state index in [1.807, 2.05) is 0 Å². The monoisotopic (exact) mass is 803 g/mol. The van der Waals surface area contributed by atoms with Gasteiger partial charge >= 0.3 is 19.8 Å². The number of ether oxygens (including phenoxy) is 2. The second-order valence-electron chi connectivity index (χ2n) is 15.1. The van der Waals surface area contributed by atoms with Gasteiger partial charge in [0.25, 0.3) is 0 Å². The van der Waals surface area contributed by atoms with Gasteiger partial charge in [-0.05, 0) is 44.9 Å². The Balaban J connectivity index is 4.27. The van der Waals surface area contributed by atoms with Crippen LogP contribution in [0.5, 0.6) is 0 Å². The van der Waals surface area contributed by atoms with Crippen molar-refractivity contribution in [2.45, 2.75) is 219 Å². The van der Waals surface area contributed by atoms with Gasteiger partial charge in [0.2, 0.25) is 0 Å². The molecule has 0 aromatic rings. The second kappa shape index (κ2) is 40.6. The molecule has 3 atom stereocenters. The molecule has 1 unspecified atom stereocenters. The summed E-state index contributed by atoms with van der Waals surface area (Å²) in [5, 5.41) is 18.3. The lowest BCUT2D eigenvalue weighted by Crippen LogP contribution is -2.29. The van der Waals surface area contributed by atoms with E-state index < -0.39 is 51.8 Å². The molecule has 324 valence electrons. The van der Waals surface area contributed by atoms with Crippen LogP contribution in [0.4, 0.5) is 0 Å². The third kappa shape index (κ3) is 40.4. The number of aliphatic hydroxyl groups excluding tert-OH is 2. The molecule has 0 bridgehead atoms. The minimum Gasteiger partial charge on any atom is -0.462 e. The number of phosphoric acid groups is 1. The minimum atomic E-state index is -4.62. The van der Waals surface area contributed by atoms with E-state index in [2.05, 4.69) is 38.2 Å². The number of allylic oxidation sites excluding steroid dienone is 4. The molecule has 0 aromatic carbocycles. The van der Waals surface area contributed by atoms with Gasteiger partial charge in [-0.1, -0.05) is 173 Å². The van der Waals surface area contributed by atoms with E-state index in [4.69, 9.17) is 23.6 Å². The summed E-state index contributed by atoms with van der Waals surface area (Å²) in [6, 6.07) is 0. The highest BCUT2D eigenvalue weighted by Crippen LogP contribution is 2.43. The Morgan fingerprint density at radius 1 is 0.545 bits per heavy atom. The van der Waals surface area contributed by atoms with Gasteiger partial charge < -0.3 is 24.6 Å². The normalized spacial score (nSPS) is 14.1. The highest BCUT2D eigenvalue weighted by atomic mass is 31.2. The van der Waals surface area contributed by atoms with Gasteiger partial charge in [-0.25, -0.2) is 4.57 Å². The molecule has 0 saturated heterocycles. The molecule has 0 amide bonds. The van der Waals surface area contributed by atoms with Gasteiger partial charge in [-0.15, -0.1) is 0 Å². The first kappa shape index (κ1) is 53.5. The molecule has 0 aliphatic rings. The highest BCUT2D eigenvalue weighted by Gasteiger charge is 2.27. The predicted molar refractivity (Wildman–Crippen MR) is 224 cm³/mol. The lowest BCUT2D eigenvalue weighted by molar-refractivity contribution is -0.161. The first-order valence-corrected chi connectivity index (χ1v) is 23.8. The average Bonchev–Trinajstić information content (AvgIpc) is 3.17.